The number of aliphatic hydroxyl groups is 1. The van der Waals surface area contributed by atoms with Gasteiger partial charge >= 0.3 is 0 Å². The minimum atomic E-state index is -1.61. The molecule has 0 aliphatic carbocycles. The van der Waals surface area contributed by atoms with E-state index < -0.39 is 11.6 Å². The highest BCUT2D eigenvalue weighted by atomic mass is 16.5. The lowest BCUT2D eigenvalue weighted by molar-refractivity contribution is -0.128. The Morgan fingerprint density at radius 2 is 1.42 bits per heavy atom. The van der Waals surface area contributed by atoms with E-state index in [1.54, 1.807) is 49.1 Å². The third kappa shape index (κ3) is 5.31. The lowest BCUT2D eigenvalue weighted by atomic mass is 9.78. The molecule has 4 rings (SSSR count). The van der Waals surface area contributed by atoms with Crippen molar-refractivity contribution in [2.24, 2.45) is 0 Å². The highest BCUT2D eigenvalue weighted by molar-refractivity contribution is 5.78. The fourth-order valence-corrected chi connectivity index (χ4v) is 3.79. The van der Waals surface area contributed by atoms with Crippen LogP contribution in [0.2, 0.25) is 0 Å². The molecule has 6 nitrogen and oxygen atoms in total. The molecule has 2 aromatic heterocycles. The van der Waals surface area contributed by atoms with Crippen LogP contribution in [0.15, 0.2) is 110 Å². The summed E-state index contributed by atoms with van der Waals surface area (Å²) in [6.07, 6.45) is 6.48. The van der Waals surface area contributed by atoms with Gasteiger partial charge in [-0.25, -0.2) is 0 Å². The van der Waals surface area contributed by atoms with Gasteiger partial charge in [-0.1, -0.05) is 72.8 Å². The molecule has 1 amide bonds. The van der Waals surface area contributed by atoms with Crippen LogP contribution in [0.4, 0.5) is 0 Å². The fraction of sp³-hybridized carbons (Fsp3) is 0.148. The summed E-state index contributed by atoms with van der Waals surface area (Å²) in [5.74, 6) is -0.342. The van der Waals surface area contributed by atoms with Gasteiger partial charge in [0.05, 0.1) is 12.6 Å². The van der Waals surface area contributed by atoms with Crippen LogP contribution in [-0.2, 0) is 21.7 Å². The molecule has 2 heterocycles. The number of rotatable bonds is 9. The van der Waals surface area contributed by atoms with E-state index in [1.165, 1.54) is 0 Å². The lowest BCUT2D eigenvalue weighted by Crippen LogP contribution is -2.46. The van der Waals surface area contributed by atoms with Gasteiger partial charge in [-0.3, -0.25) is 14.8 Å². The van der Waals surface area contributed by atoms with Gasteiger partial charge in [0, 0.05) is 35.9 Å². The number of amides is 1. The summed E-state index contributed by atoms with van der Waals surface area (Å²) in [7, 11) is 0. The third-order valence-electron chi connectivity index (χ3n) is 5.40. The average Bonchev–Trinajstić information content (AvgIpc) is 2.89. The molecule has 2 aromatic carbocycles. The van der Waals surface area contributed by atoms with Gasteiger partial charge in [0.1, 0.15) is 12.2 Å². The second-order valence-corrected chi connectivity index (χ2v) is 7.64. The largest absolute Gasteiger partial charge is 0.378 e. The summed E-state index contributed by atoms with van der Waals surface area (Å²) >= 11 is 0. The first kappa shape index (κ1) is 22.3. The predicted molar refractivity (Wildman–Crippen MR) is 125 cm³/mol. The number of nitrogens with one attached hydrogen (secondary N) is 1. The Hall–Kier alpha value is -3.87. The Balaban J connectivity index is 1.64. The van der Waals surface area contributed by atoms with Crippen LogP contribution in [0.1, 0.15) is 28.3 Å². The van der Waals surface area contributed by atoms with E-state index >= 15 is 0 Å². The monoisotopic (exact) mass is 439 g/mol. The number of pyridine rings is 2. The molecule has 0 radical (unpaired) electrons. The first-order valence-corrected chi connectivity index (χ1v) is 10.7. The maximum atomic E-state index is 12.9. The number of hydrogen-bond acceptors (Lipinski definition) is 5. The normalized spacial score (nSPS) is 12.2. The van der Waals surface area contributed by atoms with Crippen LogP contribution in [0, 0.1) is 0 Å². The minimum Gasteiger partial charge on any atom is -0.378 e. The van der Waals surface area contributed by atoms with Crippen molar-refractivity contribution >= 4 is 5.91 Å². The second-order valence-electron chi connectivity index (χ2n) is 7.64. The van der Waals surface area contributed by atoms with Gasteiger partial charge in [-0.05, 0) is 23.3 Å². The van der Waals surface area contributed by atoms with Gasteiger partial charge in [0.25, 0.3) is 0 Å². The fourth-order valence-electron chi connectivity index (χ4n) is 3.79. The van der Waals surface area contributed by atoms with Crippen molar-refractivity contribution in [1.82, 2.24) is 15.3 Å². The second kappa shape index (κ2) is 10.6. The predicted octanol–water partition coefficient (Wildman–Crippen LogP) is 3.79. The molecule has 166 valence electrons. The van der Waals surface area contributed by atoms with Crippen molar-refractivity contribution in [3.63, 3.8) is 0 Å². The van der Waals surface area contributed by atoms with Crippen LogP contribution >= 0.6 is 0 Å². The molecular weight excluding hydrogens is 414 g/mol. The molecule has 33 heavy (non-hydrogen) atoms. The SMILES string of the molecule is O=C(COCc1ccccc1)N[C@@H](c1ccccc1)C(O)(c1cccnc1)c1cccnc1. The van der Waals surface area contributed by atoms with E-state index in [0.717, 1.165) is 11.1 Å². The molecule has 0 unspecified atom stereocenters. The number of carbonyl (C=O) groups excluding carboxylic acids is 1. The van der Waals surface area contributed by atoms with Gasteiger partial charge in [-0.15, -0.1) is 0 Å². The first-order chi connectivity index (χ1) is 16.2. The van der Waals surface area contributed by atoms with Gasteiger partial charge in [0.2, 0.25) is 5.91 Å². The molecule has 0 saturated heterocycles. The Labute approximate surface area is 192 Å². The number of benzene rings is 2. The Morgan fingerprint density at radius 3 is 1.97 bits per heavy atom. The maximum absolute atomic E-state index is 12.9. The van der Waals surface area contributed by atoms with Gasteiger partial charge < -0.3 is 15.2 Å². The molecule has 0 aliphatic rings. The molecule has 1 atom stereocenters. The smallest absolute Gasteiger partial charge is 0.246 e. The van der Waals surface area contributed by atoms with E-state index in [9.17, 15) is 9.90 Å². The zero-order chi connectivity index (χ0) is 22.9. The van der Waals surface area contributed by atoms with Gasteiger partial charge in [0.15, 0.2) is 0 Å². The van der Waals surface area contributed by atoms with E-state index in [2.05, 4.69) is 15.3 Å². The number of hydrogen-bond donors (Lipinski definition) is 2. The number of nitrogens with zero attached hydrogens (tertiary/aromatic N) is 2. The quantitative estimate of drug-likeness (QED) is 0.415. The number of ether oxygens (including phenoxy) is 1. The topological polar surface area (TPSA) is 84.3 Å². The highest BCUT2D eigenvalue weighted by Crippen LogP contribution is 2.40. The van der Waals surface area contributed by atoms with E-state index in [0.29, 0.717) is 17.7 Å². The van der Waals surface area contributed by atoms with E-state index in [-0.39, 0.29) is 12.5 Å². The Morgan fingerprint density at radius 1 is 0.848 bits per heavy atom. The molecule has 4 aromatic rings. The summed E-state index contributed by atoms with van der Waals surface area (Å²) in [6.45, 7) is 0.175. The molecule has 0 aliphatic heterocycles. The summed E-state index contributed by atoms with van der Waals surface area (Å²) in [5.41, 5.74) is 1.19. The Bertz CT molecular complexity index is 1100. The zero-order valence-corrected chi connectivity index (χ0v) is 18.0. The van der Waals surface area contributed by atoms with E-state index in [4.69, 9.17) is 4.74 Å². The Kier molecular flexibility index (Phi) is 7.19. The van der Waals surface area contributed by atoms with Crippen molar-refractivity contribution in [3.8, 4) is 0 Å². The number of carbonyl (C=O) groups is 1. The molecular formula is C27H25N3O3. The summed E-state index contributed by atoms with van der Waals surface area (Å²) in [6, 6.07) is 25.3. The minimum absolute atomic E-state index is 0.144. The van der Waals surface area contributed by atoms with Crippen LogP contribution in [-0.4, -0.2) is 27.6 Å². The molecule has 0 fully saturated rings. The molecule has 2 N–H and O–H groups in total. The summed E-state index contributed by atoms with van der Waals surface area (Å²) in [4.78, 5) is 21.3. The van der Waals surface area contributed by atoms with Crippen molar-refractivity contribution in [1.29, 1.82) is 0 Å². The van der Waals surface area contributed by atoms with Crippen molar-refractivity contribution in [3.05, 3.63) is 132 Å². The number of aromatic nitrogens is 2. The summed E-state index contributed by atoms with van der Waals surface area (Å²) < 4.78 is 5.62. The molecule has 0 spiro atoms. The standard InChI is InChI=1S/C27H25N3O3/c31-25(20-33-19-21-9-3-1-4-10-21)30-26(22-11-5-2-6-12-22)27(32,23-13-7-15-28-17-23)24-14-8-16-29-18-24/h1-18,26,32H,19-20H2,(H,30,31)/t26-/m0/s1. The highest BCUT2D eigenvalue weighted by Gasteiger charge is 2.42. The van der Waals surface area contributed by atoms with Crippen LogP contribution < -0.4 is 5.32 Å². The zero-order valence-electron chi connectivity index (χ0n) is 18.0. The van der Waals surface area contributed by atoms with Crippen LogP contribution in [0.25, 0.3) is 0 Å². The molecule has 6 heteroatoms. The lowest BCUT2D eigenvalue weighted by Gasteiger charge is -2.37. The average molecular weight is 440 g/mol. The summed E-state index contributed by atoms with van der Waals surface area (Å²) in [5, 5.41) is 15.2. The third-order valence-corrected chi connectivity index (χ3v) is 5.40. The molecule has 0 saturated carbocycles. The van der Waals surface area contributed by atoms with Crippen LogP contribution in [0.3, 0.4) is 0 Å². The van der Waals surface area contributed by atoms with Crippen molar-refractivity contribution < 1.29 is 14.6 Å². The first-order valence-electron chi connectivity index (χ1n) is 10.7. The molecule has 0 bridgehead atoms. The van der Waals surface area contributed by atoms with Crippen molar-refractivity contribution in [2.45, 2.75) is 18.2 Å². The van der Waals surface area contributed by atoms with Gasteiger partial charge in [-0.2, -0.15) is 0 Å². The van der Waals surface area contributed by atoms with E-state index in [1.807, 2.05) is 60.7 Å². The van der Waals surface area contributed by atoms with Crippen molar-refractivity contribution in [2.75, 3.05) is 6.61 Å². The maximum Gasteiger partial charge on any atom is 0.246 e. The van der Waals surface area contributed by atoms with Crippen LogP contribution in [0.5, 0.6) is 0 Å².